The average molecular weight is 495 g/mol. The molecule has 0 radical (unpaired) electrons. The van der Waals surface area contributed by atoms with E-state index >= 15 is 0 Å². The van der Waals surface area contributed by atoms with Crippen LogP contribution in [0.3, 0.4) is 0 Å². The molecular formula is C21H30N6O8. The molecule has 0 saturated carbocycles. The summed E-state index contributed by atoms with van der Waals surface area (Å²) in [4.78, 5) is 36.5. The van der Waals surface area contributed by atoms with Crippen LogP contribution < -0.4 is 5.73 Å². The van der Waals surface area contributed by atoms with E-state index in [2.05, 4.69) is 16.7 Å². The molecule has 14 heteroatoms. The van der Waals surface area contributed by atoms with Crippen LogP contribution in [0.4, 0.5) is 10.6 Å². The van der Waals surface area contributed by atoms with E-state index in [0.29, 0.717) is 5.82 Å². The largest absolute Gasteiger partial charge is 0.508 e. The number of aromatic nitrogens is 3. The van der Waals surface area contributed by atoms with Crippen molar-refractivity contribution in [1.82, 2.24) is 19.5 Å². The number of hydrogen-bond donors (Lipinski definition) is 3. The highest BCUT2D eigenvalue weighted by Crippen LogP contribution is 2.33. The lowest BCUT2D eigenvalue weighted by Crippen LogP contribution is -2.30. The summed E-state index contributed by atoms with van der Waals surface area (Å²) in [5.41, 5.74) is 7.51. The molecule has 1 aliphatic heterocycles. The number of nitrogens with zero attached hydrogens (tertiary/aromatic N) is 5. The van der Waals surface area contributed by atoms with Crippen LogP contribution in [-0.2, 0) is 23.8 Å². The lowest BCUT2D eigenvalue weighted by molar-refractivity contribution is -0.141. The topological polar surface area (TPSA) is 203 Å². The van der Waals surface area contributed by atoms with E-state index in [9.17, 15) is 14.4 Å². The molecule has 0 aromatic carbocycles. The van der Waals surface area contributed by atoms with Crippen molar-refractivity contribution in [2.45, 2.75) is 45.0 Å². The number of carboxylic acid groups (broad SMARTS) is 2. The molecule has 0 bridgehead atoms. The first-order valence-corrected chi connectivity index (χ1v) is 10.5. The molecule has 1 fully saturated rings. The lowest BCUT2D eigenvalue weighted by atomic mass is 10.1. The van der Waals surface area contributed by atoms with Crippen molar-refractivity contribution in [2.75, 3.05) is 32.5 Å². The fourth-order valence-corrected chi connectivity index (χ4v) is 3.17. The van der Waals surface area contributed by atoms with Gasteiger partial charge in [-0.15, -0.1) is 0 Å². The van der Waals surface area contributed by atoms with Gasteiger partial charge < -0.3 is 30.2 Å². The number of hydrogen-bond acceptors (Lipinski definition) is 11. The van der Waals surface area contributed by atoms with Gasteiger partial charge in [0.2, 0.25) is 0 Å². The van der Waals surface area contributed by atoms with Crippen LogP contribution in [0.5, 0.6) is 0 Å². The van der Waals surface area contributed by atoms with Gasteiger partial charge in [0.05, 0.1) is 31.0 Å². The zero-order chi connectivity index (χ0) is 26.5. The van der Waals surface area contributed by atoms with Crippen LogP contribution in [0.2, 0.25) is 0 Å². The minimum Gasteiger partial charge on any atom is -0.480 e. The van der Waals surface area contributed by atoms with Crippen LogP contribution >= 0.6 is 0 Å². The monoisotopic (exact) mass is 494 g/mol. The molecule has 3 heterocycles. The molecule has 14 nitrogen and oxygen atoms in total. The number of nitrogens with two attached hydrogens (primary N) is 1. The Labute approximate surface area is 201 Å². The summed E-state index contributed by atoms with van der Waals surface area (Å²) >= 11 is 0. The minimum absolute atomic E-state index is 0.110. The van der Waals surface area contributed by atoms with Gasteiger partial charge in [-0.05, 0) is 45.9 Å². The first kappa shape index (κ1) is 29.1. The number of aliphatic carboxylic acids is 2. The van der Waals surface area contributed by atoms with Gasteiger partial charge >= 0.3 is 18.1 Å². The summed E-state index contributed by atoms with van der Waals surface area (Å²) in [6, 6.07) is 3.80. The Morgan fingerprint density at radius 3 is 2.46 bits per heavy atom. The van der Waals surface area contributed by atoms with Crippen molar-refractivity contribution in [2.24, 2.45) is 0 Å². The van der Waals surface area contributed by atoms with Crippen molar-refractivity contribution < 1.29 is 38.8 Å². The molecule has 35 heavy (non-hydrogen) atoms. The van der Waals surface area contributed by atoms with Gasteiger partial charge in [-0.1, -0.05) is 0 Å². The van der Waals surface area contributed by atoms with Crippen LogP contribution in [0.15, 0.2) is 18.5 Å². The van der Waals surface area contributed by atoms with Crippen molar-refractivity contribution in [3.63, 3.8) is 0 Å². The second-order valence-corrected chi connectivity index (χ2v) is 7.71. The number of carboxylic acids is 2. The van der Waals surface area contributed by atoms with Gasteiger partial charge in [0.25, 0.3) is 0 Å². The molecule has 2 aromatic heterocycles. The van der Waals surface area contributed by atoms with E-state index in [1.54, 1.807) is 18.4 Å². The summed E-state index contributed by atoms with van der Waals surface area (Å²) < 4.78 is 17.7. The summed E-state index contributed by atoms with van der Waals surface area (Å²) in [6.07, 6.45) is 1.92. The van der Waals surface area contributed by atoms with Gasteiger partial charge in [0.1, 0.15) is 24.6 Å². The van der Waals surface area contributed by atoms with E-state index in [1.807, 2.05) is 12.1 Å². The van der Waals surface area contributed by atoms with Gasteiger partial charge in [-0.25, -0.2) is 19.6 Å². The zero-order valence-corrected chi connectivity index (χ0v) is 19.7. The Bertz CT molecular complexity index is 992. The predicted molar refractivity (Wildman–Crippen MR) is 121 cm³/mol. The number of nitrogen functional groups attached to an aromatic ring is 1. The fourth-order valence-electron chi connectivity index (χ4n) is 3.17. The fraction of sp³-hybridized carbons (Fsp3) is 0.524. The van der Waals surface area contributed by atoms with E-state index in [-0.39, 0.29) is 38.0 Å². The normalized spacial score (nSPS) is 16.7. The molecule has 0 amide bonds. The maximum atomic E-state index is 11.4. The predicted octanol–water partition coefficient (Wildman–Crippen LogP) is 1.32. The van der Waals surface area contributed by atoms with Crippen LogP contribution in [0.25, 0.3) is 5.52 Å². The van der Waals surface area contributed by atoms with Gasteiger partial charge in [-0.2, -0.15) is 5.10 Å². The van der Waals surface area contributed by atoms with Crippen LogP contribution in [0.1, 0.15) is 38.5 Å². The second-order valence-electron chi connectivity index (χ2n) is 7.71. The van der Waals surface area contributed by atoms with Crippen LogP contribution in [0, 0.1) is 11.8 Å². The number of carbonyl (C=O) groups excluding carboxylic acids is 1. The Hall–Kier alpha value is -3.96. The molecule has 4 N–H and O–H groups in total. The molecule has 0 spiro atoms. The summed E-state index contributed by atoms with van der Waals surface area (Å²) in [6.45, 7) is 6.74. The van der Waals surface area contributed by atoms with Crippen molar-refractivity contribution >= 4 is 29.4 Å². The van der Waals surface area contributed by atoms with Gasteiger partial charge in [0, 0.05) is 6.57 Å². The molecule has 3 rings (SSSR count). The number of anilines is 1. The number of fused-ring (bicyclic) bond motifs is 1. The smallest absolute Gasteiger partial charge is 0.480 e. The van der Waals surface area contributed by atoms with E-state index in [4.69, 9.17) is 35.4 Å². The molecule has 192 valence electrons. The van der Waals surface area contributed by atoms with Crippen molar-refractivity contribution in [3.8, 4) is 6.57 Å². The quantitative estimate of drug-likeness (QED) is 0.444. The number of rotatable bonds is 8. The maximum Gasteiger partial charge on any atom is 0.508 e. The second kappa shape index (κ2) is 14.3. The molecule has 2 unspecified atom stereocenters. The number of likely N-dealkylation sites (N-methyl/N-ethyl adjacent to an activating group) is 1. The first-order chi connectivity index (χ1) is 16.6. The minimum atomic E-state index is -1.02. The molecule has 2 atom stereocenters. The van der Waals surface area contributed by atoms with Crippen molar-refractivity contribution in [3.05, 3.63) is 24.2 Å². The Morgan fingerprint density at radius 2 is 1.89 bits per heavy atom. The average Bonchev–Trinajstić information content (AvgIpc) is 3.40. The molecule has 2 aromatic rings. The van der Waals surface area contributed by atoms with Gasteiger partial charge in [-0.3, -0.25) is 14.5 Å². The highest BCUT2D eigenvalue weighted by Gasteiger charge is 2.30. The third-order valence-electron chi connectivity index (χ3n) is 4.48. The first-order valence-electron chi connectivity index (χ1n) is 10.5. The SMILES string of the molecule is C#N.CC(C)OC(=O)OCC1CCC(c2ccc3c(N)ncnn23)O1.CN(CC(=O)O)CC(=O)O. The Kier molecular flexibility index (Phi) is 11.9. The zero-order valence-electron chi connectivity index (χ0n) is 19.7. The van der Waals surface area contributed by atoms with Gasteiger partial charge in [0.15, 0.2) is 5.82 Å². The summed E-state index contributed by atoms with van der Waals surface area (Å²) in [5.74, 6) is -1.62. The number of nitriles is 1. The van der Waals surface area contributed by atoms with E-state index in [0.717, 1.165) is 24.1 Å². The van der Waals surface area contributed by atoms with Crippen molar-refractivity contribution in [1.29, 1.82) is 5.26 Å². The number of carbonyl (C=O) groups is 3. The highest BCUT2D eigenvalue weighted by molar-refractivity contribution is 5.72. The highest BCUT2D eigenvalue weighted by atomic mass is 16.7. The molecule has 0 aliphatic carbocycles. The van der Waals surface area contributed by atoms with Crippen LogP contribution in [-0.4, -0.2) is 86.8 Å². The molecular weight excluding hydrogens is 464 g/mol. The lowest BCUT2D eigenvalue weighted by Gasteiger charge is -2.14. The standard InChI is InChI=1S/C15H20N4O4.C5H9NO4.CHN/c1-9(2)22-15(20)21-7-10-3-6-13(23-10)11-4-5-12-14(16)17-8-18-19(11)12;1-6(2-4(7)8)3-5(9)10;1-2/h4-5,8-10,13H,3,6-7H2,1-2H3,(H2,16,17,18);2-3H2,1H3,(H,7,8)(H,9,10);1H. The van der Waals surface area contributed by atoms with E-state index in [1.165, 1.54) is 18.3 Å². The number of ether oxygens (including phenoxy) is 3. The molecule has 1 saturated heterocycles. The third kappa shape index (κ3) is 9.82. The Morgan fingerprint density at radius 1 is 1.26 bits per heavy atom. The molecule has 1 aliphatic rings. The third-order valence-corrected chi connectivity index (χ3v) is 4.48. The van der Waals surface area contributed by atoms with E-state index < -0.39 is 18.1 Å². The maximum absolute atomic E-state index is 11.4. The summed E-state index contributed by atoms with van der Waals surface area (Å²) in [5, 5.41) is 27.0. The summed E-state index contributed by atoms with van der Waals surface area (Å²) in [7, 11) is 1.43. The Balaban J connectivity index is 0.000000433.